The summed E-state index contributed by atoms with van der Waals surface area (Å²) in [7, 11) is 0. The van der Waals surface area contributed by atoms with E-state index in [9.17, 15) is 0 Å². The number of nitriles is 1. The molecule has 2 aromatic carbocycles. The summed E-state index contributed by atoms with van der Waals surface area (Å²) in [4.78, 5) is 7.47. The molecule has 0 bridgehead atoms. The van der Waals surface area contributed by atoms with Crippen molar-refractivity contribution in [2.75, 3.05) is 5.73 Å². The van der Waals surface area contributed by atoms with Gasteiger partial charge in [-0.3, -0.25) is 0 Å². The number of H-pyrrole nitrogens is 1. The fourth-order valence-electron chi connectivity index (χ4n) is 2.32. The first-order chi connectivity index (χ1) is 10.1. The maximum absolute atomic E-state index is 8.97. The van der Waals surface area contributed by atoms with Crippen molar-refractivity contribution in [2.24, 2.45) is 0 Å². The maximum atomic E-state index is 8.97. The number of benzene rings is 2. The third kappa shape index (κ3) is 2.39. The monoisotopic (exact) mass is 278 g/mol. The van der Waals surface area contributed by atoms with E-state index in [-0.39, 0.29) is 0 Å². The molecule has 104 valence electrons. The molecule has 3 rings (SSSR count). The molecule has 21 heavy (non-hydrogen) atoms. The number of nitrogens with zero attached hydrogens (tertiary/aromatic N) is 2. The van der Waals surface area contributed by atoms with Crippen molar-refractivity contribution in [3.8, 4) is 17.8 Å². The van der Waals surface area contributed by atoms with Gasteiger partial charge in [0, 0.05) is 5.69 Å². The van der Waals surface area contributed by atoms with Gasteiger partial charge in [0.25, 0.3) is 6.01 Å². The van der Waals surface area contributed by atoms with Gasteiger partial charge in [-0.15, -0.1) is 0 Å². The van der Waals surface area contributed by atoms with Crippen molar-refractivity contribution in [3.05, 3.63) is 47.0 Å². The first kappa shape index (κ1) is 13.0. The molecule has 0 radical (unpaired) electrons. The quantitative estimate of drug-likeness (QED) is 0.703. The number of nitrogens with one attached hydrogen (secondary N) is 1. The predicted molar refractivity (Wildman–Crippen MR) is 81.2 cm³/mol. The molecular weight excluding hydrogens is 264 g/mol. The fourth-order valence-corrected chi connectivity index (χ4v) is 2.32. The summed E-state index contributed by atoms with van der Waals surface area (Å²) in [6.07, 6.45) is 0. The molecule has 1 heterocycles. The van der Waals surface area contributed by atoms with Gasteiger partial charge >= 0.3 is 0 Å². The van der Waals surface area contributed by atoms with Crippen LogP contribution >= 0.6 is 0 Å². The highest BCUT2D eigenvalue weighted by Gasteiger charge is 2.11. The van der Waals surface area contributed by atoms with E-state index in [4.69, 9.17) is 15.7 Å². The van der Waals surface area contributed by atoms with Gasteiger partial charge in [-0.2, -0.15) is 10.2 Å². The SMILES string of the molecule is Cc1cc(C#N)cc(C)c1Oc1nc2ccc(N)cc2[nH]1. The molecule has 5 heteroatoms. The lowest BCUT2D eigenvalue weighted by atomic mass is 10.1. The highest BCUT2D eigenvalue weighted by molar-refractivity contribution is 5.79. The van der Waals surface area contributed by atoms with Crippen LogP contribution in [0.3, 0.4) is 0 Å². The van der Waals surface area contributed by atoms with Gasteiger partial charge in [0.1, 0.15) is 5.75 Å². The lowest BCUT2D eigenvalue weighted by molar-refractivity contribution is 0.443. The summed E-state index contributed by atoms with van der Waals surface area (Å²) >= 11 is 0. The van der Waals surface area contributed by atoms with E-state index in [1.807, 2.05) is 26.0 Å². The highest BCUT2D eigenvalue weighted by atomic mass is 16.5. The van der Waals surface area contributed by atoms with Crippen LogP contribution < -0.4 is 10.5 Å². The van der Waals surface area contributed by atoms with E-state index < -0.39 is 0 Å². The van der Waals surface area contributed by atoms with Crippen LogP contribution in [0.1, 0.15) is 16.7 Å². The average molecular weight is 278 g/mol. The van der Waals surface area contributed by atoms with Crippen LogP contribution in [0, 0.1) is 25.2 Å². The molecular formula is C16H14N4O. The van der Waals surface area contributed by atoms with E-state index in [2.05, 4.69) is 16.0 Å². The summed E-state index contributed by atoms with van der Waals surface area (Å²) in [5.74, 6) is 0.709. The van der Waals surface area contributed by atoms with Crippen molar-refractivity contribution in [1.29, 1.82) is 5.26 Å². The molecule has 0 aliphatic rings. The number of hydrogen-bond acceptors (Lipinski definition) is 4. The number of fused-ring (bicyclic) bond motifs is 1. The summed E-state index contributed by atoms with van der Waals surface area (Å²) in [6.45, 7) is 3.81. The minimum absolute atomic E-state index is 0.409. The van der Waals surface area contributed by atoms with Crippen LogP contribution in [-0.4, -0.2) is 9.97 Å². The van der Waals surface area contributed by atoms with Crippen molar-refractivity contribution >= 4 is 16.7 Å². The van der Waals surface area contributed by atoms with Gasteiger partial charge in [-0.05, 0) is 55.3 Å². The molecule has 3 aromatic rings. The highest BCUT2D eigenvalue weighted by Crippen LogP contribution is 2.29. The zero-order chi connectivity index (χ0) is 15.0. The summed E-state index contributed by atoms with van der Waals surface area (Å²) in [5, 5.41) is 8.97. The van der Waals surface area contributed by atoms with Crippen LogP contribution in [0.4, 0.5) is 5.69 Å². The van der Waals surface area contributed by atoms with Crippen LogP contribution in [0.5, 0.6) is 11.8 Å². The second-order valence-electron chi connectivity index (χ2n) is 4.97. The lowest BCUT2D eigenvalue weighted by Gasteiger charge is -2.09. The van der Waals surface area contributed by atoms with Gasteiger partial charge < -0.3 is 15.5 Å². The van der Waals surface area contributed by atoms with E-state index in [1.54, 1.807) is 18.2 Å². The van der Waals surface area contributed by atoms with E-state index >= 15 is 0 Å². The zero-order valence-electron chi connectivity index (χ0n) is 11.8. The first-order valence-electron chi connectivity index (χ1n) is 6.51. The lowest BCUT2D eigenvalue weighted by Crippen LogP contribution is -1.93. The molecule has 1 aromatic heterocycles. The molecule has 5 nitrogen and oxygen atoms in total. The minimum atomic E-state index is 0.409. The van der Waals surface area contributed by atoms with Crippen LogP contribution in [0.15, 0.2) is 30.3 Å². The largest absolute Gasteiger partial charge is 0.425 e. The van der Waals surface area contributed by atoms with E-state index in [0.717, 1.165) is 22.2 Å². The summed E-state index contributed by atoms with van der Waals surface area (Å²) in [6, 6.07) is 11.6. The number of anilines is 1. The molecule has 0 amide bonds. The van der Waals surface area contributed by atoms with Crippen molar-refractivity contribution in [1.82, 2.24) is 9.97 Å². The molecule has 0 saturated carbocycles. The third-order valence-electron chi connectivity index (χ3n) is 3.27. The Morgan fingerprint density at radius 2 is 1.90 bits per heavy atom. The number of hydrogen-bond donors (Lipinski definition) is 2. The van der Waals surface area contributed by atoms with Crippen LogP contribution in [0.25, 0.3) is 11.0 Å². The van der Waals surface area contributed by atoms with Gasteiger partial charge in [0.2, 0.25) is 0 Å². The molecule has 0 aliphatic heterocycles. The number of nitrogen functional groups attached to an aromatic ring is 1. The van der Waals surface area contributed by atoms with E-state index in [1.165, 1.54) is 0 Å². The normalized spacial score (nSPS) is 10.5. The van der Waals surface area contributed by atoms with Crippen molar-refractivity contribution in [2.45, 2.75) is 13.8 Å². The van der Waals surface area contributed by atoms with Gasteiger partial charge in [-0.25, -0.2) is 0 Å². The number of aromatic nitrogens is 2. The first-order valence-corrected chi connectivity index (χ1v) is 6.51. The van der Waals surface area contributed by atoms with Gasteiger partial charge in [-0.1, -0.05) is 0 Å². The third-order valence-corrected chi connectivity index (χ3v) is 3.27. The zero-order valence-corrected chi connectivity index (χ0v) is 11.8. The fraction of sp³-hybridized carbons (Fsp3) is 0.125. The Morgan fingerprint density at radius 3 is 2.57 bits per heavy atom. The Labute approximate surface area is 122 Å². The average Bonchev–Trinajstić information content (AvgIpc) is 2.84. The molecule has 0 unspecified atom stereocenters. The van der Waals surface area contributed by atoms with Crippen molar-refractivity contribution in [3.63, 3.8) is 0 Å². The number of rotatable bonds is 2. The predicted octanol–water partition coefficient (Wildman–Crippen LogP) is 3.43. The smallest absolute Gasteiger partial charge is 0.300 e. The van der Waals surface area contributed by atoms with Gasteiger partial charge in [0.15, 0.2) is 0 Å². The Bertz CT molecular complexity index is 851. The Kier molecular flexibility index (Phi) is 2.99. The summed E-state index contributed by atoms with van der Waals surface area (Å²) in [5.41, 5.74) is 10.4. The Hall–Kier alpha value is -3.00. The Morgan fingerprint density at radius 1 is 1.19 bits per heavy atom. The molecule has 0 aliphatic carbocycles. The van der Waals surface area contributed by atoms with Crippen LogP contribution in [-0.2, 0) is 0 Å². The minimum Gasteiger partial charge on any atom is -0.425 e. The second kappa shape index (κ2) is 4.84. The molecule has 0 spiro atoms. The number of nitrogens with two attached hydrogens (primary N) is 1. The van der Waals surface area contributed by atoms with Crippen molar-refractivity contribution < 1.29 is 4.74 Å². The molecule has 0 fully saturated rings. The number of aryl methyl sites for hydroxylation is 2. The maximum Gasteiger partial charge on any atom is 0.300 e. The topological polar surface area (TPSA) is 87.7 Å². The standard InChI is InChI=1S/C16H14N4O/c1-9-5-11(8-17)6-10(2)15(9)21-16-19-13-4-3-12(18)7-14(13)20-16/h3-7H,18H2,1-2H3,(H,19,20). The molecule has 0 atom stereocenters. The number of aromatic amines is 1. The van der Waals surface area contributed by atoms with Gasteiger partial charge in [0.05, 0.1) is 22.7 Å². The summed E-state index contributed by atoms with van der Waals surface area (Å²) < 4.78 is 5.85. The Balaban J connectivity index is 2.01. The number of ether oxygens (including phenoxy) is 1. The molecule has 3 N–H and O–H groups in total. The van der Waals surface area contributed by atoms with Crippen LogP contribution in [0.2, 0.25) is 0 Å². The second-order valence-corrected chi connectivity index (χ2v) is 4.97. The molecule has 0 saturated heterocycles. The van der Waals surface area contributed by atoms with E-state index in [0.29, 0.717) is 23.0 Å². The number of imidazole rings is 1.